The molecule has 1 saturated heterocycles. The van der Waals surface area contributed by atoms with Gasteiger partial charge in [0.2, 0.25) is 5.91 Å². The SMILES string of the molecule is CC(OCCCNC(=O)COc1ccc(N2CCCC2=O)cc1)c1ccccc1. The van der Waals surface area contributed by atoms with Gasteiger partial charge in [-0.2, -0.15) is 0 Å². The van der Waals surface area contributed by atoms with E-state index < -0.39 is 0 Å². The number of carbonyl (C=O) groups excluding carboxylic acids is 2. The van der Waals surface area contributed by atoms with Crippen LogP contribution in [-0.2, 0) is 14.3 Å². The van der Waals surface area contributed by atoms with Crippen molar-refractivity contribution in [3.05, 3.63) is 60.2 Å². The van der Waals surface area contributed by atoms with Gasteiger partial charge in [0.25, 0.3) is 5.91 Å². The Hall–Kier alpha value is -2.86. The Bertz CT molecular complexity index is 792. The zero-order chi connectivity index (χ0) is 20.5. The maximum atomic E-state index is 11.9. The highest BCUT2D eigenvalue weighted by Crippen LogP contribution is 2.23. The molecule has 29 heavy (non-hydrogen) atoms. The van der Waals surface area contributed by atoms with Crippen LogP contribution in [0.25, 0.3) is 0 Å². The largest absolute Gasteiger partial charge is 0.484 e. The fraction of sp³-hybridized carbons (Fsp3) is 0.391. The maximum Gasteiger partial charge on any atom is 0.257 e. The van der Waals surface area contributed by atoms with E-state index in [9.17, 15) is 9.59 Å². The smallest absolute Gasteiger partial charge is 0.257 e. The molecule has 1 unspecified atom stereocenters. The van der Waals surface area contributed by atoms with Gasteiger partial charge in [0, 0.05) is 31.8 Å². The third-order valence-corrected chi connectivity index (χ3v) is 4.87. The van der Waals surface area contributed by atoms with Crippen LogP contribution in [0.15, 0.2) is 54.6 Å². The monoisotopic (exact) mass is 396 g/mol. The van der Waals surface area contributed by atoms with E-state index in [-0.39, 0.29) is 24.5 Å². The molecule has 0 aromatic heterocycles. The first kappa shape index (κ1) is 20.9. The molecule has 0 spiro atoms. The summed E-state index contributed by atoms with van der Waals surface area (Å²) in [6.07, 6.45) is 2.28. The summed E-state index contributed by atoms with van der Waals surface area (Å²) in [7, 11) is 0. The number of nitrogens with zero attached hydrogens (tertiary/aromatic N) is 1. The molecule has 2 aromatic rings. The number of nitrogens with one attached hydrogen (secondary N) is 1. The van der Waals surface area contributed by atoms with Gasteiger partial charge in [-0.25, -0.2) is 0 Å². The Morgan fingerprint density at radius 2 is 1.90 bits per heavy atom. The standard InChI is InChI=1S/C23H28N2O4/c1-18(19-7-3-2-4-8-19)28-16-6-14-24-22(26)17-29-21-12-10-20(11-13-21)25-15-5-9-23(25)27/h2-4,7-8,10-13,18H,5-6,9,14-17H2,1H3,(H,24,26). The van der Waals surface area contributed by atoms with Crippen molar-refractivity contribution >= 4 is 17.5 Å². The molecule has 1 aliphatic heterocycles. The summed E-state index contributed by atoms with van der Waals surface area (Å²) in [6.45, 7) is 3.86. The summed E-state index contributed by atoms with van der Waals surface area (Å²) in [4.78, 5) is 25.5. The van der Waals surface area contributed by atoms with E-state index in [0.29, 0.717) is 25.3 Å². The number of hydrogen-bond acceptors (Lipinski definition) is 4. The van der Waals surface area contributed by atoms with Crippen molar-refractivity contribution in [3.63, 3.8) is 0 Å². The van der Waals surface area contributed by atoms with Crippen LogP contribution in [0.2, 0.25) is 0 Å². The summed E-state index contributed by atoms with van der Waals surface area (Å²) >= 11 is 0. The lowest BCUT2D eigenvalue weighted by molar-refractivity contribution is -0.123. The van der Waals surface area contributed by atoms with Crippen LogP contribution in [0.1, 0.15) is 37.9 Å². The van der Waals surface area contributed by atoms with Crippen molar-refractivity contribution in [2.45, 2.75) is 32.3 Å². The minimum atomic E-state index is -0.167. The number of carbonyl (C=O) groups is 2. The molecule has 1 aliphatic rings. The molecule has 0 bridgehead atoms. The molecule has 1 N–H and O–H groups in total. The van der Waals surface area contributed by atoms with Gasteiger partial charge in [-0.3, -0.25) is 9.59 Å². The van der Waals surface area contributed by atoms with Crippen molar-refractivity contribution in [2.75, 3.05) is 31.2 Å². The van der Waals surface area contributed by atoms with Gasteiger partial charge in [-0.1, -0.05) is 30.3 Å². The minimum Gasteiger partial charge on any atom is -0.484 e. The summed E-state index contributed by atoms with van der Waals surface area (Å²) in [5.41, 5.74) is 2.01. The molecule has 1 atom stereocenters. The van der Waals surface area contributed by atoms with Crippen LogP contribution in [0, 0.1) is 0 Å². The van der Waals surface area contributed by atoms with E-state index in [4.69, 9.17) is 9.47 Å². The third kappa shape index (κ3) is 6.32. The molecule has 0 saturated carbocycles. The molecule has 0 radical (unpaired) electrons. The average Bonchev–Trinajstić information content (AvgIpc) is 3.18. The molecule has 6 heteroatoms. The summed E-state index contributed by atoms with van der Waals surface area (Å²) in [5, 5.41) is 2.83. The number of rotatable bonds is 10. The van der Waals surface area contributed by atoms with E-state index in [1.807, 2.05) is 49.4 Å². The molecule has 1 heterocycles. The second kappa shape index (κ2) is 10.6. The van der Waals surface area contributed by atoms with E-state index in [1.165, 1.54) is 0 Å². The number of amides is 2. The summed E-state index contributed by atoms with van der Waals surface area (Å²) in [6, 6.07) is 17.3. The van der Waals surface area contributed by atoms with Gasteiger partial charge in [-0.15, -0.1) is 0 Å². The van der Waals surface area contributed by atoms with E-state index >= 15 is 0 Å². The highest BCUT2D eigenvalue weighted by Gasteiger charge is 2.21. The van der Waals surface area contributed by atoms with E-state index in [1.54, 1.807) is 17.0 Å². The second-order valence-corrected chi connectivity index (χ2v) is 7.06. The maximum absolute atomic E-state index is 11.9. The average molecular weight is 396 g/mol. The lowest BCUT2D eigenvalue weighted by Crippen LogP contribution is -2.30. The molecule has 154 valence electrons. The van der Waals surface area contributed by atoms with Gasteiger partial charge in [0.1, 0.15) is 5.75 Å². The van der Waals surface area contributed by atoms with Crippen LogP contribution in [0.4, 0.5) is 5.69 Å². The highest BCUT2D eigenvalue weighted by molar-refractivity contribution is 5.95. The zero-order valence-electron chi connectivity index (χ0n) is 16.8. The fourth-order valence-electron chi connectivity index (χ4n) is 3.22. The topological polar surface area (TPSA) is 67.9 Å². The number of anilines is 1. The normalized spacial score (nSPS) is 14.7. The Kier molecular flexibility index (Phi) is 7.64. The molecular weight excluding hydrogens is 368 g/mol. The molecule has 2 amide bonds. The van der Waals surface area contributed by atoms with Gasteiger partial charge in [0.05, 0.1) is 6.10 Å². The molecule has 6 nitrogen and oxygen atoms in total. The first-order valence-corrected chi connectivity index (χ1v) is 10.1. The highest BCUT2D eigenvalue weighted by atomic mass is 16.5. The van der Waals surface area contributed by atoms with Crippen LogP contribution in [-0.4, -0.2) is 38.1 Å². The predicted octanol–water partition coefficient (Wildman–Crippen LogP) is 3.48. The second-order valence-electron chi connectivity index (χ2n) is 7.06. The molecule has 2 aromatic carbocycles. The van der Waals surface area contributed by atoms with E-state index in [0.717, 1.165) is 30.6 Å². The zero-order valence-corrected chi connectivity index (χ0v) is 16.8. The summed E-state index contributed by atoms with van der Waals surface area (Å²) < 4.78 is 11.3. The number of hydrogen-bond donors (Lipinski definition) is 1. The van der Waals surface area contributed by atoms with Crippen LogP contribution >= 0.6 is 0 Å². The quantitative estimate of drug-likeness (QED) is 0.625. The van der Waals surface area contributed by atoms with Crippen LogP contribution < -0.4 is 15.0 Å². The first-order valence-electron chi connectivity index (χ1n) is 10.1. The Labute approximate surface area is 171 Å². The van der Waals surface area contributed by atoms with Gasteiger partial charge in [0.15, 0.2) is 6.61 Å². The molecule has 0 aliphatic carbocycles. The Morgan fingerprint density at radius 3 is 2.59 bits per heavy atom. The van der Waals surface area contributed by atoms with Crippen LogP contribution in [0.3, 0.4) is 0 Å². The van der Waals surface area contributed by atoms with E-state index in [2.05, 4.69) is 5.32 Å². The number of benzene rings is 2. The molecule has 3 rings (SSSR count). The first-order chi connectivity index (χ1) is 14.1. The van der Waals surface area contributed by atoms with Crippen molar-refractivity contribution in [1.29, 1.82) is 0 Å². The van der Waals surface area contributed by atoms with Crippen molar-refractivity contribution in [3.8, 4) is 5.75 Å². The van der Waals surface area contributed by atoms with Crippen LogP contribution in [0.5, 0.6) is 5.75 Å². The lowest BCUT2D eigenvalue weighted by Gasteiger charge is -2.16. The molecular formula is C23H28N2O4. The third-order valence-electron chi connectivity index (χ3n) is 4.87. The van der Waals surface area contributed by atoms with Gasteiger partial charge >= 0.3 is 0 Å². The Morgan fingerprint density at radius 1 is 1.14 bits per heavy atom. The molecule has 1 fully saturated rings. The lowest BCUT2D eigenvalue weighted by atomic mass is 10.1. The van der Waals surface area contributed by atoms with Crippen molar-refractivity contribution in [2.24, 2.45) is 0 Å². The fourth-order valence-corrected chi connectivity index (χ4v) is 3.22. The summed E-state index contributed by atoms with van der Waals surface area (Å²) in [5.74, 6) is 0.593. The predicted molar refractivity (Wildman–Crippen MR) is 112 cm³/mol. The number of ether oxygens (including phenoxy) is 2. The minimum absolute atomic E-state index is 0.0362. The van der Waals surface area contributed by atoms with Crippen molar-refractivity contribution in [1.82, 2.24) is 5.32 Å². The van der Waals surface area contributed by atoms with Crippen molar-refractivity contribution < 1.29 is 19.1 Å². The Balaban J connectivity index is 1.29. The van der Waals surface area contributed by atoms with Gasteiger partial charge < -0.3 is 19.7 Å². The van der Waals surface area contributed by atoms with Gasteiger partial charge in [-0.05, 0) is 49.6 Å².